The fraction of sp³-hybridized carbons (Fsp3) is 0.217. The van der Waals surface area contributed by atoms with Crippen molar-refractivity contribution < 1.29 is 18.3 Å². The number of aromatic nitrogens is 1. The van der Waals surface area contributed by atoms with Gasteiger partial charge < -0.3 is 10.1 Å². The highest BCUT2D eigenvalue weighted by Gasteiger charge is 2.29. The molecule has 1 heterocycles. The molecule has 30 heavy (non-hydrogen) atoms. The van der Waals surface area contributed by atoms with Crippen molar-refractivity contribution in [1.29, 1.82) is 0 Å². The van der Waals surface area contributed by atoms with Crippen molar-refractivity contribution in [2.75, 3.05) is 5.32 Å². The van der Waals surface area contributed by atoms with E-state index in [1.165, 1.54) is 6.20 Å². The van der Waals surface area contributed by atoms with Crippen LogP contribution in [0.25, 0.3) is 11.1 Å². The minimum atomic E-state index is -2.97. The smallest absolute Gasteiger partial charge is 0.388 e. The van der Waals surface area contributed by atoms with Crippen LogP contribution in [0.15, 0.2) is 60.8 Å². The Morgan fingerprint density at radius 3 is 2.57 bits per heavy atom. The maximum atomic E-state index is 12.8. The lowest BCUT2D eigenvalue weighted by Crippen LogP contribution is -2.13. The lowest BCUT2D eigenvalue weighted by molar-refractivity contribution is -0.117. The number of carbonyl (C=O) groups excluding carboxylic acids is 1. The summed E-state index contributed by atoms with van der Waals surface area (Å²) in [6.07, 6.45) is 3.98. The van der Waals surface area contributed by atoms with Crippen LogP contribution in [0.3, 0.4) is 0 Å². The first-order valence-electron chi connectivity index (χ1n) is 9.57. The van der Waals surface area contributed by atoms with Gasteiger partial charge in [-0.05, 0) is 66.3 Å². The van der Waals surface area contributed by atoms with E-state index in [9.17, 15) is 13.6 Å². The fourth-order valence-electron chi connectivity index (χ4n) is 3.16. The van der Waals surface area contributed by atoms with Gasteiger partial charge in [-0.2, -0.15) is 8.78 Å². The molecular formula is C23H19ClF2N2O2. The number of hydrogen-bond acceptors (Lipinski definition) is 3. The Hall–Kier alpha value is -2.99. The molecular weight excluding hydrogens is 410 g/mol. The number of nitrogens with one attached hydrogen (secondary N) is 1. The van der Waals surface area contributed by atoms with Crippen LogP contribution in [0.4, 0.5) is 14.5 Å². The number of hydrogen-bond donors (Lipinski definition) is 1. The van der Waals surface area contributed by atoms with E-state index in [1.54, 1.807) is 30.3 Å². The summed E-state index contributed by atoms with van der Waals surface area (Å²) in [7, 11) is 0. The van der Waals surface area contributed by atoms with Crippen LogP contribution in [0.2, 0.25) is 5.02 Å². The van der Waals surface area contributed by atoms with E-state index in [2.05, 4.69) is 15.0 Å². The molecule has 2 aromatic carbocycles. The fourth-order valence-corrected chi connectivity index (χ4v) is 3.36. The van der Waals surface area contributed by atoms with Gasteiger partial charge in [-0.15, -0.1) is 0 Å². The van der Waals surface area contributed by atoms with Crippen LogP contribution >= 0.6 is 11.6 Å². The van der Waals surface area contributed by atoms with Gasteiger partial charge in [-0.1, -0.05) is 35.9 Å². The molecule has 4 rings (SSSR count). The van der Waals surface area contributed by atoms with Crippen molar-refractivity contribution in [3.05, 3.63) is 76.9 Å². The summed E-state index contributed by atoms with van der Waals surface area (Å²) in [5.74, 6) is 0.0662. The lowest BCUT2D eigenvalue weighted by Gasteiger charge is -2.12. The van der Waals surface area contributed by atoms with Crippen LogP contribution in [0.1, 0.15) is 24.0 Å². The number of carbonyl (C=O) groups is 1. The Bertz CT molecular complexity index is 1050. The number of rotatable bonds is 7. The van der Waals surface area contributed by atoms with Gasteiger partial charge in [0.1, 0.15) is 0 Å². The van der Waals surface area contributed by atoms with Gasteiger partial charge in [0.05, 0.1) is 0 Å². The number of amides is 1. The Morgan fingerprint density at radius 2 is 1.90 bits per heavy atom. The molecule has 1 aliphatic carbocycles. The van der Waals surface area contributed by atoms with Gasteiger partial charge in [0, 0.05) is 28.4 Å². The van der Waals surface area contributed by atoms with Crippen LogP contribution in [-0.2, 0) is 11.2 Å². The van der Waals surface area contributed by atoms with Gasteiger partial charge in [-0.3, -0.25) is 4.79 Å². The summed E-state index contributed by atoms with van der Waals surface area (Å²) >= 11 is 6.06. The molecule has 4 nitrogen and oxygen atoms in total. The van der Waals surface area contributed by atoms with E-state index in [1.807, 2.05) is 24.3 Å². The first-order valence-corrected chi connectivity index (χ1v) is 9.95. The predicted octanol–water partition coefficient (Wildman–Crippen LogP) is 5.94. The molecule has 1 fully saturated rings. The number of benzene rings is 2. The molecule has 0 radical (unpaired) electrons. The Labute approximate surface area is 177 Å². The van der Waals surface area contributed by atoms with Crippen LogP contribution in [-0.4, -0.2) is 17.5 Å². The summed E-state index contributed by atoms with van der Waals surface area (Å²) < 4.78 is 30.2. The second kappa shape index (κ2) is 8.79. The van der Waals surface area contributed by atoms with E-state index >= 15 is 0 Å². The van der Waals surface area contributed by atoms with Crippen LogP contribution < -0.4 is 10.1 Å². The van der Waals surface area contributed by atoms with Crippen molar-refractivity contribution >= 4 is 23.2 Å². The van der Waals surface area contributed by atoms with Crippen LogP contribution in [0, 0.1) is 5.92 Å². The Kier molecular flexibility index (Phi) is 5.95. The highest BCUT2D eigenvalue weighted by Crippen LogP contribution is 2.32. The van der Waals surface area contributed by atoms with E-state index < -0.39 is 6.61 Å². The molecule has 1 aromatic heterocycles. The molecule has 1 amide bonds. The molecule has 0 atom stereocenters. The highest BCUT2D eigenvalue weighted by atomic mass is 35.5. The third-order valence-electron chi connectivity index (χ3n) is 4.82. The second-order valence-corrected chi connectivity index (χ2v) is 7.66. The molecule has 3 aromatic rings. The summed E-state index contributed by atoms with van der Waals surface area (Å²) in [5, 5.41) is 3.40. The van der Waals surface area contributed by atoms with E-state index in [0.29, 0.717) is 22.6 Å². The summed E-state index contributed by atoms with van der Waals surface area (Å²) in [5.41, 5.74) is 3.69. The second-order valence-electron chi connectivity index (χ2n) is 7.22. The number of pyridine rings is 1. The molecule has 1 N–H and O–H groups in total. The lowest BCUT2D eigenvalue weighted by atomic mass is 10.0. The van der Waals surface area contributed by atoms with Crippen molar-refractivity contribution in [3.8, 4) is 17.0 Å². The normalized spacial score (nSPS) is 13.3. The number of halogens is 3. The van der Waals surface area contributed by atoms with Gasteiger partial charge >= 0.3 is 6.61 Å². The molecule has 0 bridgehead atoms. The zero-order valence-electron chi connectivity index (χ0n) is 15.9. The summed E-state index contributed by atoms with van der Waals surface area (Å²) in [6, 6.07) is 16.2. The Morgan fingerprint density at radius 1 is 1.13 bits per heavy atom. The topological polar surface area (TPSA) is 51.2 Å². The monoisotopic (exact) mass is 428 g/mol. The minimum Gasteiger partial charge on any atom is -0.416 e. The van der Waals surface area contributed by atoms with E-state index in [4.69, 9.17) is 11.6 Å². The average molecular weight is 429 g/mol. The molecule has 0 unspecified atom stereocenters. The molecule has 0 spiro atoms. The zero-order chi connectivity index (χ0) is 21.1. The summed E-state index contributed by atoms with van der Waals surface area (Å²) in [6.45, 7) is -2.97. The third kappa shape index (κ3) is 5.13. The number of alkyl halides is 2. The zero-order valence-corrected chi connectivity index (χ0v) is 16.7. The standard InChI is InChI=1S/C23H19ClF2N2O2/c24-18-3-1-2-17(12-18)20-11-15(13-27-22(20)30-23(25)26)10-14-4-8-19(9-5-14)28-21(29)16-6-7-16/h1-5,8-9,11-13,16,23H,6-7,10H2,(H,28,29). The van der Waals surface area contributed by atoms with Gasteiger partial charge in [0.2, 0.25) is 11.8 Å². The molecule has 1 aliphatic rings. The van der Waals surface area contributed by atoms with Crippen molar-refractivity contribution in [3.63, 3.8) is 0 Å². The summed E-state index contributed by atoms with van der Waals surface area (Å²) in [4.78, 5) is 16.0. The number of ether oxygens (including phenoxy) is 1. The average Bonchev–Trinajstić information content (AvgIpc) is 3.56. The van der Waals surface area contributed by atoms with Crippen molar-refractivity contribution in [2.24, 2.45) is 5.92 Å². The van der Waals surface area contributed by atoms with Crippen molar-refractivity contribution in [2.45, 2.75) is 25.9 Å². The molecule has 0 saturated heterocycles. The minimum absolute atomic E-state index is 0.0627. The van der Waals surface area contributed by atoms with Crippen molar-refractivity contribution in [1.82, 2.24) is 4.98 Å². The first kappa shape index (κ1) is 20.3. The molecule has 154 valence electrons. The molecule has 1 saturated carbocycles. The largest absolute Gasteiger partial charge is 0.416 e. The van der Waals surface area contributed by atoms with E-state index in [0.717, 1.165) is 29.7 Å². The highest BCUT2D eigenvalue weighted by molar-refractivity contribution is 6.30. The van der Waals surface area contributed by atoms with Gasteiger partial charge in [0.15, 0.2) is 0 Å². The molecule has 0 aliphatic heterocycles. The number of anilines is 1. The maximum Gasteiger partial charge on any atom is 0.388 e. The SMILES string of the molecule is O=C(Nc1ccc(Cc2cnc(OC(F)F)c(-c3cccc(Cl)c3)c2)cc1)C1CC1. The predicted molar refractivity (Wildman–Crippen MR) is 112 cm³/mol. The van der Waals surface area contributed by atoms with Crippen LogP contribution in [0.5, 0.6) is 5.88 Å². The van der Waals surface area contributed by atoms with E-state index in [-0.39, 0.29) is 17.7 Å². The first-order chi connectivity index (χ1) is 14.5. The maximum absolute atomic E-state index is 12.8. The van der Waals surface area contributed by atoms with Gasteiger partial charge in [-0.25, -0.2) is 4.98 Å². The third-order valence-corrected chi connectivity index (χ3v) is 5.06. The quantitative estimate of drug-likeness (QED) is 0.506. The number of nitrogens with zero attached hydrogens (tertiary/aromatic N) is 1. The Balaban J connectivity index is 1.55. The molecule has 7 heteroatoms. The van der Waals surface area contributed by atoms with Gasteiger partial charge in [0.25, 0.3) is 0 Å².